The molecule has 2 amide bonds. The summed E-state index contributed by atoms with van der Waals surface area (Å²) in [4.78, 5) is 23.5. The highest BCUT2D eigenvalue weighted by Crippen LogP contribution is 2.27. The van der Waals surface area contributed by atoms with Crippen molar-refractivity contribution in [3.05, 3.63) is 35.7 Å². The van der Waals surface area contributed by atoms with Gasteiger partial charge in [0, 0.05) is 37.6 Å². The molecule has 24 heavy (non-hydrogen) atoms. The van der Waals surface area contributed by atoms with Crippen molar-refractivity contribution in [1.82, 2.24) is 10.6 Å². The van der Waals surface area contributed by atoms with Gasteiger partial charge in [-0.3, -0.25) is 9.59 Å². The first kappa shape index (κ1) is 17.5. The molecule has 1 aliphatic heterocycles. The number of carbonyl (C=O) groups excluding carboxylic acids is 2. The highest BCUT2D eigenvalue weighted by molar-refractivity contribution is 5.83. The molecule has 0 radical (unpaired) electrons. The predicted molar refractivity (Wildman–Crippen MR) is 86.2 cm³/mol. The molecule has 0 aliphatic carbocycles. The van der Waals surface area contributed by atoms with Crippen LogP contribution in [0.1, 0.15) is 6.92 Å². The average molecular weight is 339 g/mol. The number of nitrogens with two attached hydrogens (primary N) is 1. The Morgan fingerprint density at radius 1 is 1.42 bits per heavy atom. The zero-order chi connectivity index (χ0) is 17.7. The van der Waals surface area contributed by atoms with Gasteiger partial charge < -0.3 is 26.6 Å². The van der Waals surface area contributed by atoms with Crippen LogP contribution in [0.2, 0.25) is 0 Å². The summed E-state index contributed by atoms with van der Waals surface area (Å²) in [5, 5.41) is 7.76. The van der Waals surface area contributed by atoms with E-state index < -0.39 is 11.6 Å². The molecule has 0 saturated carbocycles. The Morgan fingerprint density at radius 3 is 2.67 bits per heavy atom. The second-order valence-corrected chi connectivity index (χ2v) is 5.33. The molecular weight excluding hydrogens is 320 g/mol. The summed E-state index contributed by atoms with van der Waals surface area (Å²) in [6.07, 6.45) is 1.35. The topological polar surface area (TPSA) is 99.5 Å². The zero-order valence-corrected chi connectivity index (χ0v) is 13.2. The maximum Gasteiger partial charge on any atom is 0.239 e. The molecule has 130 valence electrons. The molecule has 0 aromatic heterocycles. The van der Waals surface area contributed by atoms with Crippen LogP contribution in [-0.2, 0) is 9.59 Å². The van der Waals surface area contributed by atoms with Crippen molar-refractivity contribution in [2.24, 2.45) is 5.73 Å². The molecule has 1 heterocycles. The van der Waals surface area contributed by atoms with Crippen LogP contribution in [0.3, 0.4) is 0 Å². The molecule has 7 nitrogen and oxygen atoms in total. The number of rotatable bonds is 5. The second kappa shape index (κ2) is 7.62. The third-order valence-corrected chi connectivity index (χ3v) is 3.34. The van der Waals surface area contributed by atoms with Crippen molar-refractivity contribution in [3.63, 3.8) is 0 Å². The number of halogens is 2. The number of hydrogen-bond donors (Lipinski definition) is 4. The van der Waals surface area contributed by atoms with E-state index in [1.807, 2.05) is 0 Å². The van der Waals surface area contributed by atoms with E-state index in [0.29, 0.717) is 18.8 Å². The summed E-state index contributed by atoms with van der Waals surface area (Å²) in [5.74, 6) is -2.07. The Morgan fingerprint density at radius 2 is 2.08 bits per heavy atom. The zero-order valence-electron chi connectivity index (χ0n) is 13.2. The van der Waals surface area contributed by atoms with Gasteiger partial charge in [0.1, 0.15) is 5.69 Å². The van der Waals surface area contributed by atoms with Crippen LogP contribution >= 0.6 is 0 Å². The number of nitrogens with one attached hydrogen (secondary N) is 3. The molecule has 2 rings (SSSR count). The van der Waals surface area contributed by atoms with Gasteiger partial charge in [-0.1, -0.05) is 0 Å². The number of hydrogen-bond acceptors (Lipinski definition) is 5. The maximum atomic E-state index is 14.2. The summed E-state index contributed by atoms with van der Waals surface area (Å²) < 4.78 is 28.5. The van der Waals surface area contributed by atoms with Crippen molar-refractivity contribution >= 4 is 23.2 Å². The lowest BCUT2D eigenvalue weighted by Crippen LogP contribution is -2.48. The van der Waals surface area contributed by atoms with E-state index in [9.17, 15) is 18.4 Å². The van der Waals surface area contributed by atoms with Gasteiger partial charge >= 0.3 is 0 Å². The van der Waals surface area contributed by atoms with Gasteiger partial charge in [-0.2, -0.15) is 0 Å². The summed E-state index contributed by atoms with van der Waals surface area (Å²) in [7, 11) is 0. The fourth-order valence-electron chi connectivity index (χ4n) is 2.23. The number of anilines is 2. The Kier molecular flexibility index (Phi) is 5.56. The number of benzene rings is 1. The molecule has 5 N–H and O–H groups in total. The number of nitrogens with zero attached hydrogens (tertiary/aromatic N) is 1. The third-order valence-electron chi connectivity index (χ3n) is 3.34. The SMILES string of the molecule is CC(=O)NC/C(N)=C/Nc1cc(F)c(N2CCNC(=O)C2)c(F)c1. The number of carbonyl (C=O) groups is 2. The van der Waals surface area contributed by atoms with Gasteiger partial charge in [0.05, 0.1) is 13.1 Å². The molecule has 1 fully saturated rings. The van der Waals surface area contributed by atoms with Gasteiger partial charge in [-0.15, -0.1) is 0 Å². The fourth-order valence-corrected chi connectivity index (χ4v) is 2.23. The predicted octanol–water partition coefficient (Wildman–Crippen LogP) is 0.249. The average Bonchev–Trinajstić information content (AvgIpc) is 2.50. The summed E-state index contributed by atoms with van der Waals surface area (Å²) in [6.45, 7) is 2.04. The van der Waals surface area contributed by atoms with Crippen LogP contribution < -0.4 is 26.6 Å². The van der Waals surface area contributed by atoms with Crippen molar-refractivity contribution in [2.45, 2.75) is 6.92 Å². The minimum atomic E-state index is -0.777. The normalized spacial score (nSPS) is 15.0. The van der Waals surface area contributed by atoms with Crippen molar-refractivity contribution in [3.8, 4) is 0 Å². The fraction of sp³-hybridized carbons (Fsp3) is 0.333. The van der Waals surface area contributed by atoms with E-state index in [1.165, 1.54) is 18.0 Å². The van der Waals surface area contributed by atoms with Crippen LogP contribution in [0, 0.1) is 11.6 Å². The highest BCUT2D eigenvalue weighted by Gasteiger charge is 2.23. The Bertz CT molecular complexity index is 655. The maximum absolute atomic E-state index is 14.2. The molecule has 1 aromatic carbocycles. The lowest BCUT2D eigenvalue weighted by atomic mass is 10.2. The quantitative estimate of drug-likeness (QED) is 0.616. The number of amides is 2. The Labute approximate surface area is 137 Å². The van der Waals surface area contributed by atoms with Gasteiger partial charge in [0.15, 0.2) is 11.6 Å². The summed E-state index contributed by atoms with van der Waals surface area (Å²) in [6, 6.07) is 2.24. The van der Waals surface area contributed by atoms with E-state index in [1.54, 1.807) is 0 Å². The lowest BCUT2D eigenvalue weighted by molar-refractivity contribution is -0.120. The van der Waals surface area contributed by atoms with E-state index in [-0.39, 0.29) is 36.3 Å². The van der Waals surface area contributed by atoms with Crippen molar-refractivity contribution < 1.29 is 18.4 Å². The molecule has 0 bridgehead atoms. The van der Waals surface area contributed by atoms with Gasteiger partial charge in [0.2, 0.25) is 11.8 Å². The monoisotopic (exact) mass is 339 g/mol. The Hall–Kier alpha value is -2.84. The van der Waals surface area contributed by atoms with Crippen molar-refractivity contribution in [2.75, 3.05) is 36.4 Å². The van der Waals surface area contributed by atoms with E-state index in [0.717, 1.165) is 12.1 Å². The van der Waals surface area contributed by atoms with Gasteiger partial charge in [-0.05, 0) is 12.1 Å². The summed E-state index contributed by atoms with van der Waals surface area (Å²) >= 11 is 0. The third kappa shape index (κ3) is 4.58. The second-order valence-electron chi connectivity index (χ2n) is 5.33. The molecule has 9 heteroatoms. The van der Waals surface area contributed by atoms with Crippen LogP contribution in [0.15, 0.2) is 24.0 Å². The van der Waals surface area contributed by atoms with Crippen LogP contribution in [0.25, 0.3) is 0 Å². The standard InChI is InChI=1S/C15H19F2N5O2/c1-9(23)20-6-10(18)7-21-11-4-12(16)15(13(17)5-11)22-3-2-19-14(24)8-22/h4-5,7,21H,2-3,6,8,18H2,1H3,(H,19,24)(H,20,23)/b10-7-. The van der Waals surface area contributed by atoms with E-state index in [2.05, 4.69) is 16.0 Å². The molecule has 0 spiro atoms. The Balaban J connectivity index is 2.10. The lowest BCUT2D eigenvalue weighted by Gasteiger charge is -2.29. The van der Waals surface area contributed by atoms with Crippen LogP contribution in [-0.4, -0.2) is 38.0 Å². The molecule has 1 aliphatic rings. The van der Waals surface area contributed by atoms with Crippen LogP contribution in [0.4, 0.5) is 20.2 Å². The smallest absolute Gasteiger partial charge is 0.239 e. The minimum Gasteiger partial charge on any atom is -0.399 e. The first-order chi connectivity index (χ1) is 11.4. The van der Waals surface area contributed by atoms with Crippen LogP contribution in [0.5, 0.6) is 0 Å². The molecule has 1 saturated heterocycles. The molecule has 1 aromatic rings. The first-order valence-electron chi connectivity index (χ1n) is 7.33. The van der Waals surface area contributed by atoms with E-state index in [4.69, 9.17) is 5.73 Å². The molecular formula is C15H19F2N5O2. The number of piperazine rings is 1. The van der Waals surface area contributed by atoms with E-state index >= 15 is 0 Å². The van der Waals surface area contributed by atoms with Gasteiger partial charge in [0.25, 0.3) is 0 Å². The first-order valence-corrected chi connectivity index (χ1v) is 7.33. The van der Waals surface area contributed by atoms with Gasteiger partial charge in [-0.25, -0.2) is 8.78 Å². The van der Waals surface area contributed by atoms with Crippen molar-refractivity contribution in [1.29, 1.82) is 0 Å². The minimum absolute atomic E-state index is 0.0931. The highest BCUT2D eigenvalue weighted by atomic mass is 19.1. The summed E-state index contributed by atoms with van der Waals surface area (Å²) in [5.41, 5.74) is 5.88. The molecule has 0 unspecified atom stereocenters. The molecule has 0 atom stereocenters. The largest absolute Gasteiger partial charge is 0.399 e.